The molecule has 12 heteroatoms. The second kappa shape index (κ2) is 13.4. The van der Waals surface area contributed by atoms with E-state index in [9.17, 15) is 13.2 Å². The van der Waals surface area contributed by atoms with E-state index in [1.807, 2.05) is 81.4 Å². The van der Waals surface area contributed by atoms with Crippen LogP contribution in [0.25, 0.3) is 22.2 Å². The second-order valence-electron chi connectivity index (χ2n) is 15.8. The van der Waals surface area contributed by atoms with E-state index in [1.54, 1.807) is 6.07 Å². The number of ether oxygens (including phenoxy) is 2. The monoisotopic (exact) mass is 718 g/mol. The standard InChI is InChI=1S/C38H50N4O6SSi/c1-37(2,3)47-36(43)42-31-18-13-12-17-28(31)23-32(42)30-24-33(49(44,45)41-20-14-21-41)35(46-26-27-15-10-9-11-16-27)39-34(30)40-22-19-29(25-40)48-50(7,8)38(4,5)6/h9-13,15-18,23-24,29H,14,19-22,25-26H2,1-8H3/t29-/m0/s1. The van der Waals surface area contributed by atoms with Crippen molar-refractivity contribution in [1.82, 2.24) is 13.9 Å². The molecule has 2 aliphatic rings. The predicted molar refractivity (Wildman–Crippen MR) is 200 cm³/mol. The lowest BCUT2D eigenvalue weighted by atomic mass is 10.1. The number of rotatable bonds is 9. The smallest absolute Gasteiger partial charge is 0.419 e. The quantitative estimate of drug-likeness (QED) is 0.160. The van der Waals surface area contributed by atoms with Crippen LogP contribution in [0.4, 0.5) is 10.6 Å². The van der Waals surface area contributed by atoms with Crippen LogP contribution in [0.15, 0.2) is 71.6 Å². The van der Waals surface area contributed by atoms with Gasteiger partial charge >= 0.3 is 6.09 Å². The molecule has 0 N–H and O–H groups in total. The number of aromatic nitrogens is 2. The van der Waals surface area contributed by atoms with Crippen LogP contribution in [0, 0.1) is 0 Å². The summed E-state index contributed by atoms with van der Waals surface area (Å²) in [6.45, 7) is 18.9. The largest absolute Gasteiger partial charge is 0.472 e. The van der Waals surface area contributed by atoms with Crippen molar-refractivity contribution in [3.05, 3.63) is 72.3 Å². The summed E-state index contributed by atoms with van der Waals surface area (Å²) in [6.07, 6.45) is 0.988. The van der Waals surface area contributed by atoms with Crippen molar-refractivity contribution in [1.29, 1.82) is 0 Å². The molecule has 0 unspecified atom stereocenters. The van der Waals surface area contributed by atoms with E-state index in [-0.39, 0.29) is 28.5 Å². The number of para-hydroxylation sites is 1. The molecule has 4 aromatic rings. The molecule has 50 heavy (non-hydrogen) atoms. The number of hydrogen-bond acceptors (Lipinski definition) is 8. The molecule has 6 rings (SSSR count). The molecule has 2 fully saturated rings. The number of hydrogen-bond donors (Lipinski definition) is 0. The minimum atomic E-state index is -3.97. The van der Waals surface area contributed by atoms with E-state index in [0.29, 0.717) is 48.8 Å². The van der Waals surface area contributed by atoms with Gasteiger partial charge in [0.05, 0.1) is 17.3 Å². The maximum absolute atomic E-state index is 14.2. The zero-order valence-electron chi connectivity index (χ0n) is 30.5. The lowest BCUT2D eigenvalue weighted by Crippen LogP contribution is -2.44. The fourth-order valence-corrected chi connectivity index (χ4v) is 9.04. The third kappa shape index (κ3) is 7.35. The van der Waals surface area contributed by atoms with Crippen LogP contribution in [0.2, 0.25) is 18.1 Å². The summed E-state index contributed by atoms with van der Waals surface area (Å²) in [5.41, 5.74) is 1.78. The van der Waals surface area contributed by atoms with E-state index in [2.05, 4.69) is 38.8 Å². The first kappa shape index (κ1) is 36.1. The van der Waals surface area contributed by atoms with E-state index < -0.39 is 30.0 Å². The zero-order valence-corrected chi connectivity index (χ0v) is 32.3. The van der Waals surface area contributed by atoms with Gasteiger partial charge in [0, 0.05) is 37.1 Å². The van der Waals surface area contributed by atoms with Gasteiger partial charge in [0.2, 0.25) is 15.9 Å². The predicted octanol–water partition coefficient (Wildman–Crippen LogP) is 8.06. The molecule has 2 saturated heterocycles. The molecule has 0 aliphatic carbocycles. The molecular formula is C38H50N4O6SSi. The van der Waals surface area contributed by atoms with Crippen LogP contribution in [0.5, 0.6) is 5.88 Å². The molecule has 0 spiro atoms. The van der Waals surface area contributed by atoms with Gasteiger partial charge in [-0.2, -0.15) is 9.29 Å². The van der Waals surface area contributed by atoms with Crippen molar-refractivity contribution in [3.63, 3.8) is 0 Å². The molecule has 10 nitrogen and oxygen atoms in total. The van der Waals surface area contributed by atoms with Crippen molar-refractivity contribution in [2.45, 2.75) is 95.7 Å². The van der Waals surface area contributed by atoms with E-state index in [4.69, 9.17) is 18.9 Å². The van der Waals surface area contributed by atoms with Crippen LogP contribution in [-0.2, 0) is 25.8 Å². The first-order valence-corrected chi connectivity index (χ1v) is 21.8. The minimum absolute atomic E-state index is 0.0267. The molecule has 2 aromatic heterocycles. The van der Waals surface area contributed by atoms with E-state index in [0.717, 1.165) is 23.8 Å². The van der Waals surface area contributed by atoms with Crippen molar-refractivity contribution in [3.8, 4) is 17.1 Å². The van der Waals surface area contributed by atoms with Crippen LogP contribution in [0.1, 0.15) is 59.9 Å². The number of sulfonamides is 1. The topological polar surface area (TPSA) is 103 Å². The number of carbonyl (C=O) groups excluding carboxylic acids is 1. The Kier molecular flexibility index (Phi) is 9.70. The summed E-state index contributed by atoms with van der Waals surface area (Å²) in [5, 5.41) is 0.861. The summed E-state index contributed by atoms with van der Waals surface area (Å²) in [6, 6.07) is 20.8. The van der Waals surface area contributed by atoms with Crippen molar-refractivity contribution >= 4 is 41.2 Å². The summed E-state index contributed by atoms with van der Waals surface area (Å²) < 4.78 is 50.5. The van der Waals surface area contributed by atoms with Crippen LogP contribution >= 0.6 is 0 Å². The Morgan fingerprint density at radius 2 is 1.62 bits per heavy atom. The summed E-state index contributed by atoms with van der Waals surface area (Å²) in [5.74, 6) is 0.567. The van der Waals surface area contributed by atoms with Crippen molar-refractivity contribution in [2.75, 3.05) is 31.1 Å². The highest BCUT2D eigenvalue weighted by molar-refractivity contribution is 7.89. The van der Waals surface area contributed by atoms with Crippen LogP contribution < -0.4 is 9.64 Å². The molecular weight excluding hydrogens is 669 g/mol. The van der Waals surface area contributed by atoms with Crippen molar-refractivity contribution in [2.24, 2.45) is 0 Å². The number of anilines is 1. The molecule has 2 aromatic carbocycles. The number of benzene rings is 2. The van der Waals surface area contributed by atoms with Gasteiger partial charge in [-0.15, -0.1) is 0 Å². The first-order valence-electron chi connectivity index (χ1n) is 17.4. The van der Waals surface area contributed by atoms with Gasteiger partial charge in [0.15, 0.2) is 8.32 Å². The van der Waals surface area contributed by atoms with Gasteiger partial charge in [-0.3, -0.25) is 0 Å². The highest BCUT2D eigenvalue weighted by Crippen LogP contribution is 2.43. The molecule has 2 aliphatic heterocycles. The highest BCUT2D eigenvalue weighted by Gasteiger charge is 2.42. The number of carbonyl (C=O) groups is 1. The Balaban J connectivity index is 1.54. The summed E-state index contributed by atoms with van der Waals surface area (Å²) in [4.78, 5) is 21.2. The molecule has 268 valence electrons. The average Bonchev–Trinajstić information content (AvgIpc) is 3.62. The SMILES string of the molecule is CC(C)(C)OC(=O)n1c(-c2cc(S(=O)(=O)N3CCC3)c(OCc3ccccc3)nc2N2CC[C@H](O[Si](C)(C)C(C)(C)C)C2)cc2ccccc21. The summed E-state index contributed by atoms with van der Waals surface area (Å²) in [7, 11) is -6.04. The van der Waals surface area contributed by atoms with Gasteiger partial charge in [0.25, 0.3) is 0 Å². The summed E-state index contributed by atoms with van der Waals surface area (Å²) >= 11 is 0. The van der Waals surface area contributed by atoms with Crippen LogP contribution in [0.3, 0.4) is 0 Å². The van der Waals surface area contributed by atoms with E-state index in [1.165, 1.54) is 8.87 Å². The molecule has 4 heterocycles. The Morgan fingerprint density at radius 3 is 2.26 bits per heavy atom. The third-order valence-electron chi connectivity index (χ3n) is 9.86. The Bertz CT molecular complexity index is 1980. The third-order valence-corrected chi connectivity index (χ3v) is 16.3. The first-order chi connectivity index (χ1) is 23.4. The minimum Gasteiger partial charge on any atom is -0.472 e. The van der Waals surface area contributed by atoms with Crippen molar-refractivity contribution < 1.29 is 27.1 Å². The number of nitrogens with zero attached hydrogens (tertiary/aromatic N) is 4. The molecule has 0 bridgehead atoms. The fraction of sp³-hybridized carbons (Fsp3) is 0.474. The fourth-order valence-electron chi connectivity index (χ4n) is 6.05. The Hall–Kier alpha value is -3.71. The average molecular weight is 719 g/mol. The Labute approximate surface area is 297 Å². The highest BCUT2D eigenvalue weighted by atomic mass is 32.2. The lowest BCUT2D eigenvalue weighted by Gasteiger charge is -2.38. The van der Waals surface area contributed by atoms with Crippen LogP contribution in [-0.4, -0.2) is 74.6 Å². The second-order valence-corrected chi connectivity index (χ2v) is 22.5. The van der Waals surface area contributed by atoms with Gasteiger partial charge in [-0.05, 0) is 75.5 Å². The molecule has 0 amide bonds. The number of pyridine rings is 1. The Morgan fingerprint density at radius 1 is 0.940 bits per heavy atom. The van der Waals surface area contributed by atoms with Gasteiger partial charge in [-0.25, -0.2) is 17.8 Å². The molecule has 0 radical (unpaired) electrons. The lowest BCUT2D eigenvalue weighted by molar-refractivity contribution is 0.0547. The zero-order chi connectivity index (χ0) is 36.1. The maximum atomic E-state index is 14.2. The van der Waals surface area contributed by atoms with Gasteiger partial charge < -0.3 is 18.8 Å². The van der Waals surface area contributed by atoms with E-state index >= 15 is 0 Å². The molecule has 0 saturated carbocycles. The normalized spacial score (nSPS) is 17.6. The molecule has 1 atom stereocenters. The number of fused-ring (bicyclic) bond motifs is 1. The van der Waals surface area contributed by atoms with Gasteiger partial charge in [0.1, 0.15) is 22.9 Å². The van der Waals surface area contributed by atoms with Gasteiger partial charge in [-0.1, -0.05) is 69.3 Å². The maximum Gasteiger partial charge on any atom is 0.419 e.